The quantitative estimate of drug-likeness (QED) is 0.820. The molecule has 1 aliphatic heterocycles. The van der Waals surface area contributed by atoms with E-state index in [2.05, 4.69) is 0 Å². The van der Waals surface area contributed by atoms with Gasteiger partial charge in [-0.25, -0.2) is 0 Å². The van der Waals surface area contributed by atoms with Crippen LogP contribution < -0.4 is 14.4 Å². The Morgan fingerprint density at radius 3 is 2.58 bits per heavy atom. The fourth-order valence-corrected chi connectivity index (χ4v) is 2.99. The lowest BCUT2D eigenvalue weighted by Gasteiger charge is -2.30. The van der Waals surface area contributed by atoms with Crippen LogP contribution in [0.5, 0.6) is 11.5 Å². The zero-order valence-corrected chi connectivity index (χ0v) is 14.2. The first-order valence-corrected chi connectivity index (χ1v) is 8.16. The predicted molar refractivity (Wildman–Crippen MR) is 90.6 cm³/mol. The number of halogens is 3. The summed E-state index contributed by atoms with van der Waals surface area (Å²) in [6.07, 6.45) is -3.28. The van der Waals surface area contributed by atoms with Gasteiger partial charge >= 0.3 is 6.18 Å². The molecule has 2 aromatic rings. The van der Waals surface area contributed by atoms with E-state index in [-0.39, 0.29) is 12.5 Å². The summed E-state index contributed by atoms with van der Waals surface area (Å²) in [5.74, 6) is 0.638. The summed E-state index contributed by atoms with van der Waals surface area (Å²) in [7, 11) is 1.50. The highest BCUT2D eigenvalue weighted by Crippen LogP contribution is 2.35. The van der Waals surface area contributed by atoms with E-state index in [1.165, 1.54) is 18.1 Å². The van der Waals surface area contributed by atoms with Crippen molar-refractivity contribution < 1.29 is 27.4 Å². The molecule has 0 saturated carbocycles. The topological polar surface area (TPSA) is 38.8 Å². The molecule has 1 aliphatic rings. The Morgan fingerprint density at radius 2 is 1.88 bits per heavy atom. The monoisotopic (exact) mass is 365 g/mol. The second kappa shape index (κ2) is 7.27. The van der Waals surface area contributed by atoms with E-state index in [1.807, 2.05) is 0 Å². The number of rotatable bonds is 4. The molecule has 0 aliphatic carbocycles. The van der Waals surface area contributed by atoms with Crippen molar-refractivity contribution >= 4 is 11.6 Å². The fraction of sp³-hybridized carbons (Fsp3) is 0.316. The molecule has 3 rings (SSSR count). The standard InChI is InChI=1S/C19H18F3NO3/c1-25-16-6-2-3-7-17(16)26-12-18(24)23-10-4-5-13-11-14(19(20,21)22)8-9-15(13)23/h2-3,6-9,11H,4-5,10,12H2,1H3. The number of carbonyl (C=O) groups excluding carboxylic acids is 1. The van der Waals surface area contributed by atoms with Gasteiger partial charge in [-0.15, -0.1) is 0 Å². The normalized spacial score (nSPS) is 13.9. The number of hydrogen-bond acceptors (Lipinski definition) is 3. The smallest absolute Gasteiger partial charge is 0.416 e. The molecular formula is C19H18F3NO3. The van der Waals surface area contributed by atoms with Crippen molar-refractivity contribution in [1.29, 1.82) is 0 Å². The largest absolute Gasteiger partial charge is 0.493 e. The van der Waals surface area contributed by atoms with Crippen molar-refractivity contribution in [2.24, 2.45) is 0 Å². The minimum atomic E-state index is -4.39. The molecule has 0 radical (unpaired) electrons. The summed E-state index contributed by atoms with van der Waals surface area (Å²) in [5.41, 5.74) is 0.338. The molecule has 0 spiro atoms. The number of para-hydroxylation sites is 2. The molecule has 0 aromatic heterocycles. The van der Waals surface area contributed by atoms with Crippen LogP contribution in [0, 0.1) is 0 Å². The Kier molecular flexibility index (Phi) is 5.06. The number of anilines is 1. The van der Waals surface area contributed by atoms with Gasteiger partial charge in [-0.2, -0.15) is 13.2 Å². The number of aryl methyl sites for hydroxylation is 1. The molecule has 7 heteroatoms. The molecule has 138 valence electrons. The minimum absolute atomic E-state index is 0.221. The molecule has 0 bridgehead atoms. The average molecular weight is 365 g/mol. The van der Waals surface area contributed by atoms with E-state index in [0.717, 1.165) is 12.1 Å². The molecule has 0 atom stereocenters. The number of benzene rings is 2. The van der Waals surface area contributed by atoms with Crippen LogP contribution in [0.25, 0.3) is 0 Å². The lowest BCUT2D eigenvalue weighted by Crippen LogP contribution is -2.38. The van der Waals surface area contributed by atoms with Gasteiger partial charge in [-0.3, -0.25) is 4.79 Å². The van der Waals surface area contributed by atoms with Crippen LogP contribution in [-0.2, 0) is 17.4 Å². The highest BCUT2D eigenvalue weighted by molar-refractivity contribution is 5.95. The molecule has 26 heavy (non-hydrogen) atoms. The van der Waals surface area contributed by atoms with Crippen LogP contribution in [0.4, 0.5) is 18.9 Å². The maximum Gasteiger partial charge on any atom is 0.416 e. The van der Waals surface area contributed by atoms with Gasteiger partial charge in [0, 0.05) is 12.2 Å². The van der Waals surface area contributed by atoms with Crippen molar-refractivity contribution in [3.8, 4) is 11.5 Å². The number of amides is 1. The van der Waals surface area contributed by atoms with Gasteiger partial charge < -0.3 is 14.4 Å². The van der Waals surface area contributed by atoms with Crippen LogP contribution >= 0.6 is 0 Å². The number of methoxy groups -OCH3 is 1. The van der Waals surface area contributed by atoms with Crippen molar-refractivity contribution in [2.45, 2.75) is 19.0 Å². The number of ether oxygens (including phenoxy) is 2. The Labute approximate surface area is 149 Å². The number of fused-ring (bicyclic) bond motifs is 1. The molecule has 0 unspecified atom stereocenters. The third-order valence-electron chi connectivity index (χ3n) is 4.25. The van der Waals surface area contributed by atoms with Crippen molar-refractivity contribution in [1.82, 2.24) is 0 Å². The van der Waals surface area contributed by atoms with Gasteiger partial charge in [-0.05, 0) is 48.7 Å². The lowest BCUT2D eigenvalue weighted by atomic mass is 9.99. The molecule has 0 N–H and O–H groups in total. The highest BCUT2D eigenvalue weighted by atomic mass is 19.4. The number of alkyl halides is 3. The van der Waals surface area contributed by atoms with Crippen LogP contribution in [0.2, 0.25) is 0 Å². The molecular weight excluding hydrogens is 347 g/mol. The molecule has 4 nitrogen and oxygen atoms in total. The predicted octanol–water partition coefficient (Wildman–Crippen LogP) is 4.07. The van der Waals surface area contributed by atoms with Crippen LogP contribution in [0.1, 0.15) is 17.5 Å². The van der Waals surface area contributed by atoms with Gasteiger partial charge in [0.15, 0.2) is 18.1 Å². The Balaban J connectivity index is 1.75. The van der Waals surface area contributed by atoms with Crippen molar-refractivity contribution in [2.75, 3.05) is 25.2 Å². The van der Waals surface area contributed by atoms with E-state index >= 15 is 0 Å². The molecule has 2 aromatic carbocycles. The summed E-state index contributed by atoms with van der Waals surface area (Å²) < 4.78 is 49.4. The summed E-state index contributed by atoms with van der Waals surface area (Å²) in [4.78, 5) is 14.0. The summed E-state index contributed by atoms with van der Waals surface area (Å²) in [6, 6.07) is 10.4. The zero-order chi connectivity index (χ0) is 18.7. The van der Waals surface area contributed by atoms with Gasteiger partial charge in [0.1, 0.15) is 0 Å². The van der Waals surface area contributed by atoms with Gasteiger partial charge in [0.2, 0.25) is 0 Å². The van der Waals surface area contributed by atoms with Crippen LogP contribution in [0.15, 0.2) is 42.5 Å². The Hall–Kier alpha value is -2.70. The fourth-order valence-electron chi connectivity index (χ4n) is 2.99. The van der Waals surface area contributed by atoms with Crippen LogP contribution in [0.3, 0.4) is 0 Å². The first kappa shape index (κ1) is 18.1. The average Bonchev–Trinajstić information content (AvgIpc) is 2.64. The number of nitrogens with zero attached hydrogens (tertiary/aromatic N) is 1. The summed E-state index contributed by atoms with van der Waals surface area (Å²) >= 11 is 0. The summed E-state index contributed by atoms with van der Waals surface area (Å²) in [5, 5.41) is 0. The zero-order valence-electron chi connectivity index (χ0n) is 14.2. The van der Waals surface area contributed by atoms with E-state index in [1.54, 1.807) is 24.3 Å². The van der Waals surface area contributed by atoms with E-state index in [9.17, 15) is 18.0 Å². The minimum Gasteiger partial charge on any atom is -0.493 e. The molecule has 0 fully saturated rings. The highest BCUT2D eigenvalue weighted by Gasteiger charge is 2.32. The maximum absolute atomic E-state index is 12.9. The van der Waals surface area contributed by atoms with E-state index in [0.29, 0.717) is 42.1 Å². The number of hydrogen-bond donors (Lipinski definition) is 0. The number of carbonyl (C=O) groups is 1. The molecule has 1 heterocycles. The van der Waals surface area contributed by atoms with Gasteiger partial charge in [0.05, 0.1) is 12.7 Å². The second-order valence-electron chi connectivity index (χ2n) is 5.93. The lowest BCUT2D eigenvalue weighted by molar-refractivity contribution is -0.137. The van der Waals surface area contributed by atoms with E-state index < -0.39 is 11.7 Å². The molecule has 1 amide bonds. The Morgan fingerprint density at radius 1 is 1.15 bits per heavy atom. The van der Waals surface area contributed by atoms with E-state index in [4.69, 9.17) is 9.47 Å². The van der Waals surface area contributed by atoms with Crippen molar-refractivity contribution in [3.63, 3.8) is 0 Å². The van der Waals surface area contributed by atoms with Gasteiger partial charge in [-0.1, -0.05) is 12.1 Å². The first-order chi connectivity index (χ1) is 12.4. The third kappa shape index (κ3) is 3.76. The molecule has 0 saturated heterocycles. The maximum atomic E-state index is 12.9. The summed E-state index contributed by atoms with van der Waals surface area (Å²) in [6.45, 7) is 0.229. The first-order valence-electron chi connectivity index (χ1n) is 8.16. The van der Waals surface area contributed by atoms with Crippen molar-refractivity contribution in [3.05, 3.63) is 53.6 Å². The van der Waals surface area contributed by atoms with Crippen LogP contribution in [-0.4, -0.2) is 26.2 Å². The van der Waals surface area contributed by atoms with Gasteiger partial charge in [0.25, 0.3) is 5.91 Å². The SMILES string of the molecule is COc1ccccc1OCC(=O)N1CCCc2cc(C(F)(F)F)ccc21. The third-order valence-corrected chi connectivity index (χ3v) is 4.25. The Bertz CT molecular complexity index is 805. The second-order valence-corrected chi connectivity index (χ2v) is 5.93.